The summed E-state index contributed by atoms with van der Waals surface area (Å²) in [5.41, 5.74) is 2.43. The highest BCUT2D eigenvalue weighted by molar-refractivity contribution is 7.80. The van der Waals surface area contributed by atoms with Gasteiger partial charge in [-0.3, -0.25) is 0 Å². The van der Waals surface area contributed by atoms with Gasteiger partial charge in [-0.15, -0.1) is 0 Å². The maximum absolute atomic E-state index is 5.29. The standard InChI is InChI=1S/C13H20N2OS/c1-4-11-5-7-12(8-6-11)15(2)13(17)14-9-10-16-3/h5-8H,4,9-10H2,1-3H3,(H,14,17). The zero-order chi connectivity index (χ0) is 12.7. The normalized spacial score (nSPS) is 10.1. The summed E-state index contributed by atoms with van der Waals surface area (Å²) in [4.78, 5) is 1.96. The summed E-state index contributed by atoms with van der Waals surface area (Å²) >= 11 is 5.29. The van der Waals surface area contributed by atoms with Gasteiger partial charge in [-0.2, -0.15) is 0 Å². The molecule has 0 aromatic heterocycles. The molecular formula is C13H20N2OS. The first-order chi connectivity index (χ1) is 8.19. The van der Waals surface area contributed by atoms with Crippen LogP contribution in [0.1, 0.15) is 12.5 Å². The highest BCUT2D eigenvalue weighted by atomic mass is 32.1. The Balaban J connectivity index is 2.55. The van der Waals surface area contributed by atoms with Crippen LogP contribution in [0, 0.1) is 0 Å². The number of thiocarbonyl (C=S) groups is 1. The number of hydrogen-bond donors (Lipinski definition) is 1. The molecule has 3 nitrogen and oxygen atoms in total. The number of hydrogen-bond acceptors (Lipinski definition) is 2. The summed E-state index contributed by atoms with van der Waals surface area (Å²) in [6.45, 7) is 3.53. The highest BCUT2D eigenvalue weighted by Crippen LogP contribution is 2.14. The highest BCUT2D eigenvalue weighted by Gasteiger charge is 2.05. The summed E-state index contributed by atoms with van der Waals surface area (Å²) < 4.78 is 4.97. The van der Waals surface area contributed by atoms with Gasteiger partial charge in [-0.1, -0.05) is 19.1 Å². The summed E-state index contributed by atoms with van der Waals surface area (Å²) in [6.07, 6.45) is 1.06. The van der Waals surface area contributed by atoms with Gasteiger partial charge in [0.1, 0.15) is 0 Å². The summed E-state index contributed by atoms with van der Waals surface area (Å²) in [7, 11) is 3.64. The molecule has 0 radical (unpaired) electrons. The summed E-state index contributed by atoms with van der Waals surface area (Å²) in [5, 5.41) is 3.86. The van der Waals surface area contributed by atoms with Crippen molar-refractivity contribution < 1.29 is 4.74 Å². The molecule has 0 aliphatic heterocycles. The smallest absolute Gasteiger partial charge is 0.173 e. The van der Waals surface area contributed by atoms with Gasteiger partial charge in [-0.05, 0) is 36.3 Å². The molecule has 0 aliphatic carbocycles. The van der Waals surface area contributed by atoms with Gasteiger partial charge in [0, 0.05) is 26.4 Å². The van der Waals surface area contributed by atoms with Crippen molar-refractivity contribution in [2.24, 2.45) is 0 Å². The number of rotatable bonds is 5. The minimum atomic E-state index is 0.656. The molecule has 0 spiro atoms. The van der Waals surface area contributed by atoms with Crippen molar-refractivity contribution in [2.75, 3.05) is 32.2 Å². The number of nitrogens with one attached hydrogen (secondary N) is 1. The van der Waals surface area contributed by atoms with Gasteiger partial charge < -0.3 is 15.0 Å². The average Bonchev–Trinajstić information content (AvgIpc) is 2.38. The third-order valence-corrected chi connectivity index (χ3v) is 3.04. The lowest BCUT2D eigenvalue weighted by Gasteiger charge is -2.21. The van der Waals surface area contributed by atoms with Gasteiger partial charge in [-0.25, -0.2) is 0 Å². The van der Waals surface area contributed by atoms with E-state index in [0.29, 0.717) is 11.7 Å². The van der Waals surface area contributed by atoms with Crippen LogP contribution >= 0.6 is 12.2 Å². The van der Waals surface area contributed by atoms with E-state index in [1.807, 2.05) is 11.9 Å². The SMILES string of the molecule is CCc1ccc(N(C)C(=S)NCCOC)cc1. The van der Waals surface area contributed by atoms with Gasteiger partial charge in [0.15, 0.2) is 5.11 Å². The molecular weight excluding hydrogens is 232 g/mol. The van der Waals surface area contributed by atoms with E-state index in [2.05, 4.69) is 36.5 Å². The molecule has 0 unspecified atom stereocenters. The largest absolute Gasteiger partial charge is 0.383 e. The molecule has 1 aromatic rings. The molecule has 0 amide bonds. The fourth-order valence-corrected chi connectivity index (χ4v) is 1.66. The predicted molar refractivity (Wildman–Crippen MR) is 76.7 cm³/mol. The van der Waals surface area contributed by atoms with Crippen LogP contribution in [0.2, 0.25) is 0 Å². The number of nitrogens with zero attached hydrogens (tertiary/aromatic N) is 1. The van der Waals surface area contributed by atoms with Crippen molar-refractivity contribution in [3.8, 4) is 0 Å². The molecule has 94 valence electrons. The lowest BCUT2D eigenvalue weighted by Crippen LogP contribution is -2.38. The first-order valence-corrected chi connectivity index (χ1v) is 6.19. The van der Waals surface area contributed by atoms with Gasteiger partial charge in [0.25, 0.3) is 0 Å². The minimum Gasteiger partial charge on any atom is -0.383 e. The second-order valence-electron chi connectivity index (χ2n) is 3.80. The Morgan fingerprint density at radius 3 is 2.53 bits per heavy atom. The number of anilines is 1. The van der Waals surface area contributed by atoms with Crippen molar-refractivity contribution >= 4 is 23.0 Å². The number of methoxy groups -OCH3 is 1. The molecule has 4 heteroatoms. The van der Waals surface area contributed by atoms with E-state index in [9.17, 15) is 0 Å². The van der Waals surface area contributed by atoms with Crippen molar-refractivity contribution in [3.05, 3.63) is 29.8 Å². The summed E-state index contributed by atoms with van der Waals surface area (Å²) in [6, 6.07) is 8.43. The quantitative estimate of drug-likeness (QED) is 0.641. The first kappa shape index (κ1) is 13.9. The molecule has 0 saturated heterocycles. The van der Waals surface area contributed by atoms with E-state index >= 15 is 0 Å². The van der Waals surface area contributed by atoms with Crippen LogP contribution in [-0.2, 0) is 11.2 Å². The van der Waals surface area contributed by atoms with Crippen LogP contribution in [0.3, 0.4) is 0 Å². The second-order valence-corrected chi connectivity index (χ2v) is 4.19. The molecule has 0 atom stereocenters. The van der Waals surface area contributed by atoms with E-state index < -0.39 is 0 Å². The van der Waals surface area contributed by atoms with Crippen LogP contribution in [0.25, 0.3) is 0 Å². The summed E-state index contributed by atoms with van der Waals surface area (Å²) in [5.74, 6) is 0. The number of ether oxygens (including phenoxy) is 1. The fraction of sp³-hybridized carbons (Fsp3) is 0.462. The fourth-order valence-electron chi connectivity index (χ4n) is 1.45. The van der Waals surface area contributed by atoms with Crippen molar-refractivity contribution in [2.45, 2.75) is 13.3 Å². The van der Waals surface area contributed by atoms with Crippen molar-refractivity contribution in [1.29, 1.82) is 0 Å². The minimum absolute atomic E-state index is 0.656. The van der Waals surface area contributed by atoms with Crippen LogP contribution in [0.5, 0.6) is 0 Å². The Morgan fingerprint density at radius 2 is 2.00 bits per heavy atom. The van der Waals surface area contributed by atoms with E-state index in [4.69, 9.17) is 17.0 Å². The molecule has 1 rings (SSSR count). The van der Waals surface area contributed by atoms with Gasteiger partial charge in [0.05, 0.1) is 6.61 Å². The molecule has 0 fully saturated rings. The Bertz CT molecular complexity index is 351. The predicted octanol–water partition coefficient (Wildman–Crippen LogP) is 2.21. The van der Waals surface area contributed by atoms with E-state index in [1.165, 1.54) is 5.56 Å². The zero-order valence-corrected chi connectivity index (χ0v) is 11.5. The molecule has 0 heterocycles. The maximum atomic E-state index is 5.29. The molecule has 17 heavy (non-hydrogen) atoms. The van der Waals surface area contributed by atoms with E-state index in [1.54, 1.807) is 7.11 Å². The van der Waals surface area contributed by atoms with Crippen LogP contribution in [0.4, 0.5) is 5.69 Å². The molecule has 0 aliphatic rings. The second kappa shape index (κ2) is 7.25. The Morgan fingerprint density at radius 1 is 1.35 bits per heavy atom. The number of aryl methyl sites for hydroxylation is 1. The first-order valence-electron chi connectivity index (χ1n) is 5.78. The molecule has 0 bridgehead atoms. The number of benzene rings is 1. The van der Waals surface area contributed by atoms with Gasteiger partial charge >= 0.3 is 0 Å². The maximum Gasteiger partial charge on any atom is 0.173 e. The Labute approximate surface area is 109 Å². The Hall–Kier alpha value is -1.13. The average molecular weight is 252 g/mol. The van der Waals surface area contributed by atoms with Crippen molar-refractivity contribution in [1.82, 2.24) is 5.32 Å². The van der Waals surface area contributed by atoms with E-state index in [-0.39, 0.29) is 0 Å². The zero-order valence-electron chi connectivity index (χ0n) is 10.7. The molecule has 0 saturated carbocycles. The topological polar surface area (TPSA) is 24.5 Å². The Kier molecular flexibility index (Phi) is 5.94. The van der Waals surface area contributed by atoms with Gasteiger partial charge in [0.2, 0.25) is 0 Å². The lowest BCUT2D eigenvalue weighted by atomic mass is 10.1. The van der Waals surface area contributed by atoms with Crippen molar-refractivity contribution in [3.63, 3.8) is 0 Å². The molecule has 1 aromatic carbocycles. The van der Waals surface area contributed by atoms with Crippen LogP contribution in [0.15, 0.2) is 24.3 Å². The van der Waals surface area contributed by atoms with E-state index in [0.717, 1.165) is 18.7 Å². The lowest BCUT2D eigenvalue weighted by molar-refractivity contribution is 0.204. The monoisotopic (exact) mass is 252 g/mol. The van der Waals surface area contributed by atoms with Crippen LogP contribution in [-0.4, -0.2) is 32.4 Å². The third kappa shape index (κ3) is 4.32. The molecule has 1 N–H and O–H groups in total. The van der Waals surface area contributed by atoms with Crippen LogP contribution < -0.4 is 10.2 Å². The third-order valence-electron chi connectivity index (χ3n) is 2.62.